The summed E-state index contributed by atoms with van der Waals surface area (Å²) in [6, 6.07) is 5.06. The minimum atomic E-state index is -0.310. The van der Waals surface area contributed by atoms with Crippen molar-refractivity contribution in [3.8, 4) is 0 Å². The van der Waals surface area contributed by atoms with Gasteiger partial charge in [0.05, 0.1) is 11.4 Å². The third-order valence-electron chi connectivity index (χ3n) is 4.57. The molecule has 1 saturated heterocycles. The second-order valence-electron chi connectivity index (χ2n) is 6.30. The normalized spacial score (nSPS) is 21.4. The van der Waals surface area contributed by atoms with Gasteiger partial charge in [-0.3, -0.25) is 9.59 Å². The Kier molecular flexibility index (Phi) is 4.51. The van der Waals surface area contributed by atoms with Crippen molar-refractivity contribution >= 4 is 23.2 Å². The van der Waals surface area contributed by atoms with E-state index in [2.05, 4.69) is 10.5 Å². The van der Waals surface area contributed by atoms with Crippen molar-refractivity contribution in [2.45, 2.75) is 20.3 Å². The molecule has 1 aromatic carbocycles. The highest BCUT2D eigenvalue weighted by molar-refractivity contribution is 6.05. The first-order valence-corrected chi connectivity index (χ1v) is 8.12. The Morgan fingerprint density at radius 2 is 2.00 bits per heavy atom. The molecule has 7 heteroatoms. The maximum absolute atomic E-state index is 14.6. The number of halogens is 1. The zero-order valence-corrected chi connectivity index (χ0v) is 13.9. The highest BCUT2D eigenvalue weighted by atomic mass is 19.1. The molecule has 1 N–H and O–H groups in total. The van der Waals surface area contributed by atoms with Gasteiger partial charge in [0.1, 0.15) is 5.82 Å². The van der Waals surface area contributed by atoms with Crippen LogP contribution in [0.3, 0.4) is 0 Å². The third kappa shape index (κ3) is 3.25. The molecule has 1 atom stereocenters. The van der Waals surface area contributed by atoms with Gasteiger partial charge >= 0.3 is 0 Å². The van der Waals surface area contributed by atoms with Crippen molar-refractivity contribution in [1.29, 1.82) is 0 Å². The van der Waals surface area contributed by atoms with Crippen LogP contribution in [-0.4, -0.2) is 48.6 Å². The minimum Gasteiger partial charge on any atom is -0.366 e. The standard InChI is InChI=1S/C17H21FN4O2/c1-11-9-16(24)19-20-17(11)13-3-4-15(14(18)10-13)22-7-5-21(6-8-22)12(2)23/h3-4,10-11H,5-9H2,1-2H3,(H,19,24). The van der Waals surface area contributed by atoms with Crippen molar-refractivity contribution in [2.75, 3.05) is 31.1 Å². The van der Waals surface area contributed by atoms with E-state index >= 15 is 0 Å². The first kappa shape index (κ1) is 16.4. The van der Waals surface area contributed by atoms with E-state index in [0.29, 0.717) is 49.6 Å². The number of benzene rings is 1. The Bertz CT molecular complexity index is 696. The van der Waals surface area contributed by atoms with Crippen molar-refractivity contribution < 1.29 is 14.0 Å². The average Bonchev–Trinajstić information content (AvgIpc) is 2.55. The van der Waals surface area contributed by atoms with E-state index in [1.54, 1.807) is 17.9 Å². The summed E-state index contributed by atoms with van der Waals surface area (Å²) in [5, 5.41) is 4.07. The number of rotatable bonds is 2. The number of carbonyl (C=O) groups is 2. The monoisotopic (exact) mass is 332 g/mol. The van der Waals surface area contributed by atoms with E-state index in [-0.39, 0.29) is 23.5 Å². The molecule has 2 aliphatic heterocycles. The molecule has 1 aromatic rings. The average molecular weight is 332 g/mol. The van der Waals surface area contributed by atoms with Crippen LogP contribution < -0.4 is 10.3 Å². The van der Waals surface area contributed by atoms with Crippen LogP contribution in [0.15, 0.2) is 23.3 Å². The largest absolute Gasteiger partial charge is 0.366 e. The summed E-state index contributed by atoms with van der Waals surface area (Å²) >= 11 is 0. The van der Waals surface area contributed by atoms with E-state index in [4.69, 9.17) is 0 Å². The smallest absolute Gasteiger partial charge is 0.240 e. The molecular weight excluding hydrogens is 311 g/mol. The van der Waals surface area contributed by atoms with Crippen LogP contribution in [0.4, 0.5) is 10.1 Å². The second kappa shape index (κ2) is 6.59. The Balaban J connectivity index is 1.76. The number of nitrogens with zero attached hydrogens (tertiary/aromatic N) is 3. The van der Waals surface area contributed by atoms with Crippen LogP contribution in [0.2, 0.25) is 0 Å². The number of piperazine rings is 1. The van der Waals surface area contributed by atoms with E-state index < -0.39 is 0 Å². The van der Waals surface area contributed by atoms with Gasteiger partial charge in [-0.25, -0.2) is 9.82 Å². The lowest BCUT2D eigenvalue weighted by Crippen LogP contribution is -2.48. The fourth-order valence-corrected chi connectivity index (χ4v) is 3.19. The number of anilines is 1. The highest BCUT2D eigenvalue weighted by Gasteiger charge is 2.24. The van der Waals surface area contributed by atoms with Crippen LogP contribution in [0.25, 0.3) is 0 Å². The van der Waals surface area contributed by atoms with Crippen molar-refractivity contribution in [3.05, 3.63) is 29.6 Å². The molecule has 0 aromatic heterocycles. The number of hydrazone groups is 1. The van der Waals surface area contributed by atoms with Crippen LogP contribution in [-0.2, 0) is 9.59 Å². The summed E-state index contributed by atoms with van der Waals surface area (Å²) in [4.78, 5) is 26.4. The Labute approximate surface area is 140 Å². The quantitative estimate of drug-likeness (QED) is 0.889. The molecule has 1 unspecified atom stereocenters. The van der Waals surface area contributed by atoms with Gasteiger partial charge in [-0.1, -0.05) is 13.0 Å². The summed E-state index contributed by atoms with van der Waals surface area (Å²) in [5.74, 6) is -0.415. The Morgan fingerprint density at radius 3 is 2.58 bits per heavy atom. The Morgan fingerprint density at radius 1 is 1.29 bits per heavy atom. The molecule has 0 radical (unpaired) electrons. The molecule has 0 bridgehead atoms. The number of amides is 2. The number of nitrogens with one attached hydrogen (secondary N) is 1. The van der Waals surface area contributed by atoms with Gasteiger partial charge in [-0.2, -0.15) is 5.10 Å². The van der Waals surface area contributed by atoms with Gasteiger partial charge in [0, 0.05) is 51.0 Å². The van der Waals surface area contributed by atoms with E-state index in [1.165, 1.54) is 6.07 Å². The summed E-state index contributed by atoms with van der Waals surface area (Å²) in [6.07, 6.45) is 0.356. The number of hydrogen-bond donors (Lipinski definition) is 1. The molecule has 3 rings (SSSR count). The zero-order chi connectivity index (χ0) is 17.3. The lowest BCUT2D eigenvalue weighted by atomic mass is 9.94. The molecule has 128 valence electrons. The molecule has 0 aliphatic carbocycles. The van der Waals surface area contributed by atoms with E-state index in [1.807, 2.05) is 17.9 Å². The molecular formula is C17H21FN4O2. The molecule has 2 amide bonds. The highest BCUT2D eigenvalue weighted by Crippen LogP contribution is 2.25. The van der Waals surface area contributed by atoms with Gasteiger partial charge in [-0.15, -0.1) is 0 Å². The Hall–Kier alpha value is -2.44. The predicted octanol–water partition coefficient (Wildman–Crippen LogP) is 1.35. The number of carbonyl (C=O) groups excluding carboxylic acids is 2. The van der Waals surface area contributed by atoms with Crippen LogP contribution in [0.1, 0.15) is 25.8 Å². The molecule has 0 spiro atoms. The topological polar surface area (TPSA) is 65.0 Å². The van der Waals surface area contributed by atoms with Crippen molar-refractivity contribution in [3.63, 3.8) is 0 Å². The van der Waals surface area contributed by atoms with Crippen LogP contribution >= 0.6 is 0 Å². The van der Waals surface area contributed by atoms with Crippen molar-refractivity contribution in [2.24, 2.45) is 11.0 Å². The van der Waals surface area contributed by atoms with Gasteiger partial charge in [-0.05, 0) is 12.1 Å². The lowest BCUT2D eigenvalue weighted by molar-refractivity contribution is -0.129. The second-order valence-corrected chi connectivity index (χ2v) is 6.30. The van der Waals surface area contributed by atoms with Gasteiger partial charge < -0.3 is 9.80 Å². The molecule has 6 nitrogen and oxygen atoms in total. The summed E-state index contributed by atoms with van der Waals surface area (Å²) in [5.41, 5.74) is 4.37. The first-order valence-electron chi connectivity index (χ1n) is 8.12. The van der Waals surface area contributed by atoms with Crippen LogP contribution in [0.5, 0.6) is 0 Å². The zero-order valence-electron chi connectivity index (χ0n) is 13.9. The van der Waals surface area contributed by atoms with Gasteiger partial charge in [0.2, 0.25) is 11.8 Å². The van der Waals surface area contributed by atoms with Crippen molar-refractivity contribution in [1.82, 2.24) is 10.3 Å². The summed E-state index contributed by atoms with van der Waals surface area (Å²) in [7, 11) is 0. The molecule has 0 saturated carbocycles. The predicted molar refractivity (Wildman–Crippen MR) is 89.3 cm³/mol. The van der Waals surface area contributed by atoms with E-state index in [9.17, 15) is 14.0 Å². The fourth-order valence-electron chi connectivity index (χ4n) is 3.19. The molecule has 1 fully saturated rings. The summed E-state index contributed by atoms with van der Waals surface area (Å²) in [6.45, 7) is 5.89. The minimum absolute atomic E-state index is 0.0388. The van der Waals surface area contributed by atoms with Gasteiger partial charge in [0.15, 0.2) is 0 Å². The lowest BCUT2D eigenvalue weighted by Gasteiger charge is -2.35. The molecule has 2 heterocycles. The summed E-state index contributed by atoms with van der Waals surface area (Å²) < 4.78 is 14.6. The first-order chi connectivity index (χ1) is 11.5. The van der Waals surface area contributed by atoms with E-state index in [0.717, 1.165) is 0 Å². The SMILES string of the molecule is CC(=O)N1CCN(c2ccc(C3=NNC(=O)CC3C)cc2F)CC1. The fraction of sp³-hybridized carbons (Fsp3) is 0.471. The maximum Gasteiger partial charge on any atom is 0.240 e. The van der Waals surface area contributed by atoms with Crippen LogP contribution in [0, 0.1) is 11.7 Å². The maximum atomic E-state index is 14.6. The molecule has 24 heavy (non-hydrogen) atoms. The number of hydrogen-bond acceptors (Lipinski definition) is 4. The van der Waals surface area contributed by atoms with Gasteiger partial charge in [0.25, 0.3) is 0 Å². The third-order valence-corrected chi connectivity index (χ3v) is 4.57. The molecule has 2 aliphatic rings.